The second-order valence-corrected chi connectivity index (χ2v) is 7.17. The van der Waals surface area contributed by atoms with Gasteiger partial charge in [0.1, 0.15) is 0 Å². The molecule has 0 radical (unpaired) electrons. The predicted octanol–water partition coefficient (Wildman–Crippen LogP) is 2.76. The summed E-state index contributed by atoms with van der Waals surface area (Å²) < 4.78 is 5.31. The fourth-order valence-electron chi connectivity index (χ4n) is 3.98. The molecule has 1 aromatic rings. The van der Waals surface area contributed by atoms with Gasteiger partial charge in [-0.2, -0.15) is 0 Å². The molecule has 26 heavy (non-hydrogen) atoms. The highest BCUT2D eigenvalue weighted by molar-refractivity contribution is 6.03. The third-order valence-corrected chi connectivity index (χ3v) is 5.30. The van der Waals surface area contributed by atoms with Crippen molar-refractivity contribution >= 4 is 23.5 Å². The van der Waals surface area contributed by atoms with E-state index in [0.29, 0.717) is 24.2 Å². The number of para-hydroxylation sites is 1. The smallest absolute Gasteiger partial charge is 0.340 e. The first-order valence-electron chi connectivity index (χ1n) is 9.36. The molecule has 2 atom stereocenters. The van der Waals surface area contributed by atoms with Crippen molar-refractivity contribution in [3.05, 3.63) is 29.8 Å². The molecule has 0 aliphatic carbocycles. The first-order valence-corrected chi connectivity index (χ1v) is 9.36. The molecule has 0 bridgehead atoms. The molecule has 2 aliphatic heterocycles. The average molecular weight is 358 g/mol. The molecule has 6 heteroatoms. The van der Waals surface area contributed by atoms with Crippen molar-refractivity contribution in [1.82, 2.24) is 4.90 Å². The number of esters is 1. The molecule has 2 amide bonds. The molecule has 0 aromatic heterocycles. The van der Waals surface area contributed by atoms with E-state index >= 15 is 0 Å². The highest BCUT2D eigenvalue weighted by Crippen LogP contribution is 2.26. The van der Waals surface area contributed by atoms with Gasteiger partial charge in [-0.15, -0.1) is 0 Å². The first-order chi connectivity index (χ1) is 12.5. The van der Waals surface area contributed by atoms with Crippen LogP contribution < -0.4 is 4.90 Å². The van der Waals surface area contributed by atoms with Crippen molar-refractivity contribution in [2.75, 3.05) is 18.1 Å². The molecule has 3 rings (SSSR count). The summed E-state index contributed by atoms with van der Waals surface area (Å²) >= 11 is 0. The Balaban J connectivity index is 1.67. The van der Waals surface area contributed by atoms with E-state index in [1.807, 2.05) is 18.7 Å². The van der Waals surface area contributed by atoms with E-state index in [1.165, 1.54) is 0 Å². The van der Waals surface area contributed by atoms with E-state index in [4.69, 9.17) is 4.74 Å². The number of ether oxygens (including phenoxy) is 1. The minimum atomic E-state index is -0.564. The largest absolute Gasteiger partial charge is 0.452 e. The zero-order valence-electron chi connectivity index (χ0n) is 15.4. The van der Waals surface area contributed by atoms with E-state index in [2.05, 4.69) is 0 Å². The summed E-state index contributed by atoms with van der Waals surface area (Å²) in [6, 6.07) is 7.24. The van der Waals surface area contributed by atoms with Gasteiger partial charge in [0, 0.05) is 25.0 Å². The van der Waals surface area contributed by atoms with Gasteiger partial charge in [0.15, 0.2) is 6.61 Å². The summed E-state index contributed by atoms with van der Waals surface area (Å²) in [4.78, 5) is 40.5. The first kappa shape index (κ1) is 18.4. The molecule has 6 nitrogen and oxygen atoms in total. The Kier molecular flexibility index (Phi) is 5.59. The zero-order valence-corrected chi connectivity index (χ0v) is 15.4. The Morgan fingerprint density at radius 3 is 2.46 bits per heavy atom. The monoisotopic (exact) mass is 358 g/mol. The number of carbonyl (C=O) groups is 3. The molecule has 0 saturated carbocycles. The molecule has 2 saturated heterocycles. The molecule has 140 valence electrons. The normalized spacial score (nSPS) is 23.2. The van der Waals surface area contributed by atoms with Gasteiger partial charge in [0.25, 0.3) is 5.91 Å². The van der Waals surface area contributed by atoms with Gasteiger partial charge in [-0.3, -0.25) is 9.59 Å². The Morgan fingerprint density at radius 1 is 1.12 bits per heavy atom. The lowest BCUT2D eigenvalue weighted by Gasteiger charge is -2.38. The number of nitrogens with zero attached hydrogens (tertiary/aromatic N) is 2. The number of piperidine rings is 1. The lowest BCUT2D eigenvalue weighted by Crippen LogP contribution is -2.49. The van der Waals surface area contributed by atoms with Crippen LogP contribution in [0.25, 0.3) is 0 Å². The topological polar surface area (TPSA) is 66.9 Å². The third-order valence-electron chi connectivity index (χ3n) is 5.30. The van der Waals surface area contributed by atoms with Crippen LogP contribution in [-0.4, -0.2) is 47.9 Å². The van der Waals surface area contributed by atoms with Crippen molar-refractivity contribution in [3.8, 4) is 0 Å². The summed E-state index contributed by atoms with van der Waals surface area (Å²) in [6.45, 7) is 4.40. The molecule has 0 spiro atoms. The Labute approximate surface area is 154 Å². The SMILES string of the molecule is C[C@@H]1CCC[C@@H](C)N1C(=O)COC(=O)c1ccccc1N1CCCC1=O. The second kappa shape index (κ2) is 7.89. The molecule has 0 unspecified atom stereocenters. The highest BCUT2D eigenvalue weighted by atomic mass is 16.5. The van der Waals surface area contributed by atoms with Crippen LogP contribution in [0.1, 0.15) is 56.3 Å². The maximum Gasteiger partial charge on any atom is 0.340 e. The van der Waals surface area contributed by atoms with Crippen LogP contribution in [0.4, 0.5) is 5.69 Å². The van der Waals surface area contributed by atoms with E-state index in [0.717, 1.165) is 25.7 Å². The fourth-order valence-corrected chi connectivity index (χ4v) is 3.98. The lowest BCUT2D eigenvalue weighted by atomic mass is 9.97. The van der Waals surface area contributed by atoms with E-state index in [-0.39, 0.29) is 30.5 Å². The molecule has 1 aromatic carbocycles. The van der Waals surface area contributed by atoms with Gasteiger partial charge in [0.2, 0.25) is 5.91 Å². The summed E-state index contributed by atoms with van der Waals surface area (Å²) in [7, 11) is 0. The number of hydrogen-bond donors (Lipinski definition) is 0. The van der Waals surface area contributed by atoms with Crippen molar-refractivity contribution < 1.29 is 19.1 Å². The van der Waals surface area contributed by atoms with Crippen LogP contribution >= 0.6 is 0 Å². The third kappa shape index (κ3) is 3.74. The predicted molar refractivity (Wildman–Crippen MR) is 97.9 cm³/mol. The average Bonchev–Trinajstić information content (AvgIpc) is 3.05. The molecular formula is C20H26N2O4. The number of amides is 2. The van der Waals surface area contributed by atoms with Gasteiger partial charge in [-0.25, -0.2) is 4.79 Å². The Hall–Kier alpha value is -2.37. The molecule has 2 heterocycles. The van der Waals surface area contributed by atoms with Gasteiger partial charge >= 0.3 is 5.97 Å². The van der Waals surface area contributed by atoms with Crippen LogP contribution in [0.3, 0.4) is 0 Å². The van der Waals surface area contributed by atoms with Crippen LogP contribution in [-0.2, 0) is 14.3 Å². The number of benzene rings is 1. The summed E-state index contributed by atoms with van der Waals surface area (Å²) in [5, 5.41) is 0. The van der Waals surface area contributed by atoms with Crippen LogP contribution in [0.2, 0.25) is 0 Å². The second-order valence-electron chi connectivity index (χ2n) is 7.17. The van der Waals surface area contributed by atoms with Crippen molar-refractivity contribution in [2.24, 2.45) is 0 Å². The number of hydrogen-bond acceptors (Lipinski definition) is 4. The number of carbonyl (C=O) groups excluding carboxylic acids is 3. The standard InChI is InChI=1S/C20H26N2O4/c1-14-7-5-8-15(2)22(14)19(24)13-26-20(25)16-9-3-4-10-17(16)21-12-6-11-18(21)23/h3-4,9-10,14-15H,5-8,11-13H2,1-2H3/t14-,15-/m1/s1. The lowest BCUT2D eigenvalue weighted by molar-refractivity contribution is -0.140. The van der Waals surface area contributed by atoms with E-state index in [9.17, 15) is 14.4 Å². The minimum Gasteiger partial charge on any atom is -0.452 e. The Bertz CT molecular complexity index is 693. The molecular weight excluding hydrogens is 332 g/mol. The van der Waals surface area contributed by atoms with E-state index in [1.54, 1.807) is 29.2 Å². The number of likely N-dealkylation sites (tertiary alicyclic amines) is 1. The van der Waals surface area contributed by atoms with Crippen LogP contribution in [0, 0.1) is 0 Å². The van der Waals surface area contributed by atoms with Crippen LogP contribution in [0.15, 0.2) is 24.3 Å². The Morgan fingerprint density at radius 2 is 1.81 bits per heavy atom. The zero-order chi connectivity index (χ0) is 18.7. The molecule has 2 aliphatic rings. The van der Waals surface area contributed by atoms with Crippen molar-refractivity contribution in [3.63, 3.8) is 0 Å². The molecule has 2 fully saturated rings. The van der Waals surface area contributed by atoms with Gasteiger partial charge in [-0.05, 0) is 51.7 Å². The number of rotatable bonds is 4. The van der Waals surface area contributed by atoms with E-state index < -0.39 is 5.97 Å². The summed E-state index contributed by atoms with van der Waals surface area (Å²) in [5.74, 6) is -0.712. The summed E-state index contributed by atoms with van der Waals surface area (Å²) in [6.07, 6.45) is 4.34. The summed E-state index contributed by atoms with van der Waals surface area (Å²) in [5.41, 5.74) is 0.891. The minimum absolute atomic E-state index is 0.0114. The highest BCUT2D eigenvalue weighted by Gasteiger charge is 2.30. The van der Waals surface area contributed by atoms with Crippen LogP contribution in [0.5, 0.6) is 0 Å². The fraction of sp³-hybridized carbons (Fsp3) is 0.550. The molecule has 0 N–H and O–H groups in total. The maximum absolute atomic E-state index is 12.5. The van der Waals surface area contributed by atoms with Crippen molar-refractivity contribution in [1.29, 1.82) is 0 Å². The van der Waals surface area contributed by atoms with Gasteiger partial charge < -0.3 is 14.5 Å². The van der Waals surface area contributed by atoms with Gasteiger partial charge in [0.05, 0.1) is 11.3 Å². The van der Waals surface area contributed by atoms with Crippen molar-refractivity contribution in [2.45, 2.75) is 58.0 Å². The quantitative estimate of drug-likeness (QED) is 0.776. The van der Waals surface area contributed by atoms with Gasteiger partial charge in [-0.1, -0.05) is 12.1 Å². The number of anilines is 1. The maximum atomic E-state index is 12.5.